The first-order valence-electron chi connectivity index (χ1n) is 3.28. The summed E-state index contributed by atoms with van der Waals surface area (Å²) in [6, 6.07) is 0. The third-order valence-corrected chi connectivity index (χ3v) is 1.89. The number of carboxylic acids is 1. The average molecular weight is 264 g/mol. The van der Waals surface area contributed by atoms with Crippen LogP contribution in [0.2, 0.25) is 5.15 Å². The fraction of sp³-hybridized carbons (Fsp3) is 0.333. The summed E-state index contributed by atoms with van der Waals surface area (Å²) in [5.41, 5.74) is -2.51. The molecule has 15 heavy (non-hydrogen) atoms. The third-order valence-electron chi connectivity index (χ3n) is 1.46. The van der Waals surface area contributed by atoms with Gasteiger partial charge in [0.1, 0.15) is 10.7 Å². The van der Waals surface area contributed by atoms with Gasteiger partial charge in [-0.2, -0.15) is 18.3 Å². The molecule has 1 N–H and O–H groups in total. The number of rotatable bonds is 1. The van der Waals surface area contributed by atoms with Crippen molar-refractivity contribution in [3.63, 3.8) is 0 Å². The predicted octanol–water partition coefficient (Wildman–Crippen LogP) is -1.21. The molecule has 0 unspecified atom stereocenters. The van der Waals surface area contributed by atoms with Gasteiger partial charge in [0, 0.05) is 7.05 Å². The van der Waals surface area contributed by atoms with Crippen molar-refractivity contribution in [3.8, 4) is 0 Å². The van der Waals surface area contributed by atoms with Gasteiger partial charge in [0.15, 0.2) is 5.69 Å². The summed E-state index contributed by atoms with van der Waals surface area (Å²) in [5, 5.41) is 10.9. The van der Waals surface area contributed by atoms with E-state index in [-0.39, 0.29) is 12.4 Å². The first-order chi connectivity index (χ1) is 6.25. The molecule has 86 valence electrons. The van der Waals surface area contributed by atoms with Crippen LogP contribution in [0.15, 0.2) is 0 Å². The van der Waals surface area contributed by atoms with Crippen molar-refractivity contribution in [2.45, 2.75) is 6.18 Å². The van der Waals surface area contributed by atoms with Crippen LogP contribution in [0.25, 0.3) is 0 Å². The zero-order chi connectivity index (χ0) is 11.1. The van der Waals surface area contributed by atoms with E-state index in [0.717, 1.165) is 7.05 Å². The molecule has 1 heterocycles. The molecule has 0 bridgehead atoms. The Morgan fingerprint density at radius 3 is 2.27 bits per heavy atom. The number of hydrogen-bond acceptors (Lipinski definition) is 2. The van der Waals surface area contributed by atoms with E-state index in [0.29, 0.717) is 4.68 Å². The van der Waals surface area contributed by atoms with Crippen LogP contribution < -0.4 is 12.4 Å². The van der Waals surface area contributed by atoms with Crippen molar-refractivity contribution in [1.82, 2.24) is 9.78 Å². The lowest BCUT2D eigenvalue weighted by Gasteiger charge is -2.02. The van der Waals surface area contributed by atoms with Crippen LogP contribution in [0.1, 0.15) is 16.1 Å². The minimum absolute atomic E-state index is 0. The maximum absolute atomic E-state index is 12.2. The highest BCUT2D eigenvalue weighted by atomic mass is 35.5. The lowest BCUT2D eigenvalue weighted by molar-refractivity contribution is -0.141. The van der Waals surface area contributed by atoms with Gasteiger partial charge in [-0.3, -0.25) is 4.68 Å². The molecule has 0 aliphatic rings. The van der Waals surface area contributed by atoms with Crippen LogP contribution in [0.3, 0.4) is 0 Å². The number of halogens is 5. The zero-order valence-corrected chi connectivity index (χ0v) is 8.65. The van der Waals surface area contributed by atoms with E-state index >= 15 is 0 Å². The van der Waals surface area contributed by atoms with Gasteiger partial charge in [-0.1, -0.05) is 11.6 Å². The first-order valence-corrected chi connectivity index (χ1v) is 3.66. The first kappa shape index (κ1) is 14.1. The molecule has 4 nitrogen and oxygen atoms in total. The Bertz CT molecular complexity index is 388. The zero-order valence-electron chi connectivity index (χ0n) is 7.14. The van der Waals surface area contributed by atoms with E-state index < -0.39 is 28.6 Å². The van der Waals surface area contributed by atoms with E-state index in [1.165, 1.54) is 0 Å². The molecule has 0 aliphatic carbocycles. The van der Waals surface area contributed by atoms with Crippen molar-refractivity contribution in [1.29, 1.82) is 0 Å². The lowest BCUT2D eigenvalue weighted by atomic mass is 10.2. The molecule has 0 atom stereocenters. The average Bonchev–Trinajstić information content (AvgIpc) is 2.27. The second-order valence-electron chi connectivity index (χ2n) is 2.44. The van der Waals surface area contributed by atoms with Crippen LogP contribution in [-0.4, -0.2) is 20.9 Å². The van der Waals surface area contributed by atoms with Crippen molar-refractivity contribution < 1.29 is 35.5 Å². The normalized spacial score (nSPS) is 11.0. The maximum Gasteiger partial charge on any atom is 0.436 e. The molecule has 1 aromatic heterocycles. The summed E-state index contributed by atoms with van der Waals surface area (Å²) < 4.78 is 37.3. The highest BCUT2D eigenvalue weighted by molar-refractivity contribution is 6.32. The molecule has 1 aromatic rings. The molecule has 0 fully saturated rings. The second-order valence-corrected chi connectivity index (χ2v) is 2.80. The van der Waals surface area contributed by atoms with Gasteiger partial charge in [0.05, 0.1) is 0 Å². The van der Waals surface area contributed by atoms with Crippen molar-refractivity contribution in [2.75, 3.05) is 0 Å². The lowest BCUT2D eigenvalue weighted by Crippen LogP contribution is -3.00. The minimum atomic E-state index is -4.82. The Balaban J connectivity index is 0.00000196. The fourth-order valence-corrected chi connectivity index (χ4v) is 1.10. The van der Waals surface area contributed by atoms with Crippen LogP contribution in [0.5, 0.6) is 0 Å². The molecule has 0 aromatic carbocycles. The van der Waals surface area contributed by atoms with Gasteiger partial charge in [-0.15, -0.1) is 0 Å². The fourth-order valence-electron chi connectivity index (χ4n) is 0.891. The minimum Gasteiger partial charge on any atom is -1.00 e. The summed E-state index contributed by atoms with van der Waals surface area (Å²) >= 11 is 5.33. The Kier molecular flexibility index (Phi) is 4.01. The van der Waals surface area contributed by atoms with Crippen molar-refractivity contribution >= 4 is 17.6 Å². The highest BCUT2D eigenvalue weighted by Crippen LogP contribution is 2.33. The summed E-state index contributed by atoms with van der Waals surface area (Å²) in [4.78, 5) is 10.5. The number of alkyl halides is 3. The van der Waals surface area contributed by atoms with E-state index in [1.54, 1.807) is 0 Å². The molecule has 1 rings (SSSR count). The number of aromatic carboxylic acids is 1. The van der Waals surface area contributed by atoms with Gasteiger partial charge >= 0.3 is 12.1 Å². The Morgan fingerprint density at radius 1 is 1.53 bits per heavy atom. The quantitative estimate of drug-likeness (QED) is 0.692. The molecular formula is C6H4Cl2F3N2O2-. The van der Waals surface area contributed by atoms with E-state index in [9.17, 15) is 18.0 Å². The number of aryl methyl sites for hydroxylation is 1. The van der Waals surface area contributed by atoms with Crippen LogP contribution in [0.4, 0.5) is 13.2 Å². The van der Waals surface area contributed by atoms with Crippen LogP contribution >= 0.6 is 11.6 Å². The molecule has 9 heteroatoms. The second kappa shape index (κ2) is 4.28. The van der Waals surface area contributed by atoms with Gasteiger partial charge in [0.25, 0.3) is 0 Å². The molecule has 0 aliphatic heterocycles. The van der Waals surface area contributed by atoms with Crippen molar-refractivity contribution in [2.24, 2.45) is 7.05 Å². The Hall–Kier alpha value is -0.950. The Morgan fingerprint density at radius 2 is 2.00 bits per heavy atom. The summed E-state index contributed by atoms with van der Waals surface area (Å²) in [7, 11) is 1.13. The maximum atomic E-state index is 12.2. The van der Waals surface area contributed by atoms with E-state index in [1.807, 2.05) is 0 Å². The van der Waals surface area contributed by atoms with E-state index in [4.69, 9.17) is 16.7 Å². The molecule has 0 saturated carbocycles. The van der Waals surface area contributed by atoms with Crippen LogP contribution in [0, 0.1) is 0 Å². The summed E-state index contributed by atoms with van der Waals surface area (Å²) in [5.74, 6) is -1.75. The monoisotopic (exact) mass is 263 g/mol. The molecule has 0 spiro atoms. The summed E-state index contributed by atoms with van der Waals surface area (Å²) in [6.07, 6.45) is -4.82. The van der Waals surface area contributed by atoms with Crippen molar-refractivity contribution in [3.05, 3.63) is 16.4 Å². The standard InChI is InChI=1S/C6H4ClF3N2O2.ClH/c1-12-4(7)2(5(13)14)3(11-12)6(8,9)10;/h1H3,(H,13,14);1H/p-1. The highest BCUT2D eigenvalue weighted by Gasteiger charge is 2.41. The summed E-state index contributed by atoms with van der Waals surface area (Å²) in [6.45, 7) is 0. The SMILES string of the molecule is Cn1nc(C(F)(F)F)c(C(=O)O)c1Cl.[Cl-]. The van der Waals surface area contributed by atoms with Crippen LogP contribution in [-0.2, 0) is 13.2 Å². The molecule has 0 saturated heterocycles. The van der Waals surface area contributed by atoms with Gasteiger partial charge in [-0.05, 0) is 0 Å². The molecule has 0 amide bonds. The van der Waals surface area contributed by atoms with Gasteiger partial charge < -0.3 is 17.5 Å². The van der Waals surface area contributed by atoms with Gasteiger partial charge in [0.2, 0.25) is 0 Å². The Labute approximate surface area is 93.0 Å². The number of hydrogen-bond donors (Lipinski definition) is 1. The molecule has 0 radical (unpaired) electrons. The van der Waals surface area contributed by atoms with E-state index in [2.05, 4.69) is 5.10 Å². The number of carbonyl (C=O) groups is 1. The smallest absolute Gasteiger partial charge is 0.436 e. The number of aromatic nitrogens is 2. The molecular weight excluding hydrogens is 260 g/mol. The topological polar surface area (TPSA) is 55.1 Å². The number of nitrogens with zero attached hydrogens (tertiary/aromatic N) is 2. The predicted molar refractivity (Wildman–Crippen MR) is 40.2 cm³/mol. The largest absolute Gasteiger partial charge is 1.00 e. The third kappa shape index (κ3) is 2.54. The van der Waals surface area contributed by atoms with Gasteiger partial charge in [-0.25, -0.2) is 4.79 Å². The number of carboxylic acid groups (broad SMARTS) is 1.